The second kappa shape index (κ2) is 10.0. The number of fused-ring (bicyclic) bond motifs is 1. The predicted molar refractivity (Wildman–Crippen MR) is 129 cm³/mol. The van der Waals surface area contributed by atoms with Crippen molar-refractivity contribution < 1.29 is 9.59 Å². The molecule has 0 bridgehead atoms. The van der Waals surface area contributed by atoms with Crippen molar-refractivity contribution in [1.82, 2.24) is 20.4 Å². The van der Waals surface area contributed by atoms with E-state index >= 15 is 0 Å². The molecule has 2 unspecified atom stereocenters. The normalized spacial score (nSPS) is 16.2. The molecule has 6 nitrogen and oxygen atoms in total. The third-order valence-electron chi connectivity index (χ3n) is 6.38. The second-order valence-corrected chi connectivity index (χ2v) is 9.15. The first-order valence-electron chi connectivity index (χ1n) is 11.7. The zero-order valence-electron chi connectivity index (χ0n) is 19.5. The summed E-state index contributed by atoms with van der Waals surface area (Å²) < 4.78 is 2.04. The monoisotopic (exact) mass is 444 g/mol. The molecule has 0 spiro atoms. The molecule has 0 aliphatic heterocycles. The second-order valence-electron chi connectivity index (χ2n) is 9.15. The van der Waals surface area contributed by atoms with Crippen molar-refractivity contribution in [3.05, 3.63) is 88.7 Å². The fourth-order valence-electron chi connectivity index (χ4n) is 4.50. The summed E-state index contributed by atoms with van der Waals surface area (Å²) in [7, 11) is 0. The summed E-state index contributed by atoms with van der Waals surface area (Å²) in [6, 6.07) is 17.0. The van der Waals surface area contributed by atoms with Gasteiger partial charge in [-0.2, -0.15) is 5.10 Å². The Labute approximate surface area is 195 Å². The molecule has 2 amide bonds. The maximum absolute atomic E-state index is 13.3. The zero-order valence-corrected chi connectivity index (χ0v) is 19.5. The van der Waals surface area contributed by atoms with Gasteiger partial charge < -0.3 is 10.6 Å². The van der Waals surface area contributed by atoms with E-state index in [0.29, 0.717) is 5.56 Å². The molecule has 1 aromatic heterocycles. The quantitative estimate of drug-likeness (QED) is 0.574. The van der Waals surface area contributed by atoms with Gasteiger partial charge in [-0.3, -0.25) is 14.3 Å². The lowest BCUT2D eigenvalue weighted by Gasteiger charge is -2.28. The first-order valence-corrected chi connectivity index (χ1v) is 11.7. The lowest BCUT2D eigenvalue weighted by Crippen LogP contribution is -2.50. The van der Waals surface area contributed by atoms with E-state index in [4.69, 9.17) is 0 Å². The minimum absolute atomic E-state index is 0.0400. The molecule has 0 radical (unpaired) electrons. The smallest absolute Gasteiger partial charge is 0.252 e. The van der Waals surface area contributed by atoms with Gasteiger partial charge in [0.15, 0.2) is 0 Å². The van der Waals surface area contributed by atoms with Gasteiger partial charge >= 0.3 is 0 Å². The van der Waals surface area contributed by atoms with Crippen molar-refractivity contribution >= 4 is 11.8 Å². The summed E-state index contributed by atoms with van der Waals surface area (Å²) in [5, 5.41) is 10.8. The molecular formula is C27H32N4O2. The van der Waals surface area contributed by atoms with Crippen molar-refractivity contribution in [2.45, 2.75) is 58.7 Å². The molecule has 33 heavy (non-hydrogen) atoms. The van der Waals surface area contributed by atoms with E-state index in [0.717, 1.165) is 36.9 Å². The highest BCUT2D eigenvalue weighted by Gasteiger charge is 2.30. The van der Waals surface area contributed by atoms with E-state index < -0.39 is 6.04 Å². The lowest BCUT2D eigenvalue weighted by molar-refractivity contribution is -0.124. The van der Waals surface area contributed by atoms with E-state index in [1.807, 2.05) is 68.0 Å². The molecule has 1 aliphatic carbocycles. The number of nitrogens with one attached hydrogen (secondary N) is 2. The Morgan fingerprint density at radius 2 is 1.82 bits per heavy atom. The number of amides is 2. The zero-order chi connectivity index (χ0) is 23.4. The topological polar surface area (TPSA) is 76.0 Å². The van der Waals surface area contributed by atoms with Gasteiger partial charge in [0, 0.05) is 16.8 Å². The summed E-state index contributed by atoms with van der Waals surface area (Å²) in [6.07, 6.45) is 4.69. The largest absolute Gasteiger partial charge is 0.347 e. The van der Waals surface area contributed by atoms with Crippen molar-refractivity contribution in [2.75, 3.05) is 0 Å². The molecule has 0 saturated carbocycles. The maximum atomic E-state index is 13.3. The van der Waals surface area contributed by atoms with Gasteiger partial charge in [-0.15, -0.1) is 0 Å². The Balaban J connectivity index is 1.47. The predicted octanol–water partition coefficient (Wildman–Crippen LogP) is 4.19. The van der Waals surface area contributed by atoms with Crippen LogP contribution in [0.4, 0.5) is 0 Å². The molecule has 2 atom stereocenters. The van der Waals surface area contributed by atoms with Gasteiger partial charge in [-0.1, -0.05) is 62.4 Å². The van der Waals surface area contributed by atoms with Crippen molar-refractivity contribution in [3.63, 3.8) is 0 Å². The average molecular weight is 445 g/mol. The minimum Gasteiger partial charge on any atom is -0.347 e. The number of nitrogens with zero attached hydrogens (tertiary/aromatic N) is 2. The van der Waals surface area contributed by atoms with Crippen LogP contribution in [0.5, 0.6) is 0 Å². The van der Waals surface area contributed by atoms with Crippen molar-refractivity contribution in [2.24, 2.45) is 5.92 Å². The number of aryl methyl sites for hydroxylation is 1. The van der Waals surface area contributed by atoms with Crippen LogP contribution in [0.25, 0.3) is 0 Å². The molecule has 0 fully saturated rings. The number of hydrogen-bond acceptors (Lipinski definition) is 3. The number of carbonyl (C=O) groups excluding carboxylic acids is 2. The number of rotatable bonds is 7. The number of aromatic nitrogens is 2. The molecule has 1 aliphatic rings. The molecule has 2 aromatic carbocycles. The Morgan fingerprint density at radius 3 is 2.55 bits per heavy atom. The summed E-state index contributed by atoms with van der Waals surface area (Å²) in [6.45, 7) is 6.52. The molecule has 172 valence electrons. The van der Waals surface area contributed by atoms with Crippen LogP contribution >= 0.6 is 0 Å². The van der Waals surface area contributed by atoms with Gasteiger partial charge in [0.25, 0.3) is 5.91 Å². The Hall–Kier alpha value is -3.41. The standard InChI is InChI=1S/C27H32N4O2/c1-18(2)25(30-26(32)21-13-8-7-10-19(21)3)27(33)29-23-14-9-15-24-22(23)16-28-31(24)17-20-11-5-4-6-12-20/h4-8,10-13,16,18,23,25H,9,14-15,17H2,1-3H3,(H,29,33)(H,30,32). The first-order chi connectivity index (χ1) is 15.9. The van der Waals surface area contributed by atoms with Crippen LogP contribution < -0.4 is 10.6 Å². The molecule has 4 rings (SSSR count). The fourth-order valence-corrected chi connectivity index (χ4v) is 4.50. The fraction of sp³-hybridized carbons (Fsp3) is 0.370. The first kappa shape index (κ1) is 22.8. The maximum Gasteiger partial charge on any atom is 0.252 e. The van der Waals surface area contributed by atoms with E-state index in [2.05, 4.69) is 27.9 Å². The number of hydrogen-bond donors (Lipinski definition) is 2. The highest BCUT2D eigenvalue weighted by atomic mass is 16.2. The van der Waals surface area contributed by atoms with Gasteiger partial charge in [0.05, 0.1) is 18.8 Å². The van der Waals surface area contributed by atoms with Gasteiger partial charge in [0.1, 0.15) is 6.04 Å². The molecule has 2 N–H and O–H groups in total. The molecular weight excluding hydrogens is 412 g/mol. The van der Waals surface area contributed by atoms with Crippen LogP contribution in [-0.4, -0.2) is 27.6 Å². The summed E-state index contributed by atoms with van der Waals surface area (Å²) >= 11 is 0. The lowest BCUT2D eigenvalue weighted by atomic mass is 9.92. The third kappa shape index (κ3) is 5.16. The Kier molecular flexibility index (Phi) is 6.92. The highest BCUT2D eigenvalue weighted by molar-refractivity contribution is 5.98. The van der Waals surface area contributed by atoms with Crippen LogP contribution in [-0.2, 0) is 17.8 Å². The number of benzene rings is 2. The molecule has 0 saturated heterocycles. The van der Waals surface area contributed by atoms with Crippen LogP contribution in [0.3, 0.4) is 0 Å². The minimum atomic E-state index is -0.609. The van der Waals surface area contributed by atoms with Gasteiger partial charge in [-0.25, -0.2) is 0 Å². The van der Waals surface area contributed by atoms with Crippen molar-refractivity contribution in [1.29, 1.82) is 0 Å². The highest BCUT2D eigenvalue weighted by Crippen LogP contribution is 2.30. The van der Waals surface area contributed by atoms with E-state index in [1.165, 1.54) is 11.3 Å². The molecule has 1 heterocycles. The van der Waals surface area contributed by atoms with E-state index in [-0.39, 0.29) is 23.8 Å². The van der Waals surface area contributed by atoms with Gasteiger partial charge in [-0.05, 0) is 49.3 Å². The Bertz CT molecular complexity index is 1120. The molecule has 6 heteroatoms. The van der Waals surface area contributed by atoms with Crippen LogP contribution in [0.15, 0.2) is 60.8 Å². The van der Waals surface area contributed by atoms with Crippen LogP contribution in [0.2, 0.25) is 0 Å². The van der Waals surface area contributed by atoms with Crippen LogP contribution in [0, 0.1) is 12.8 Å². The summed E-state index contributed by atoms with van der Waals surface area (Å²) in [4.78, 5) is 26.1. The summed E-state index contributed by atoms with van der Waals surface area (Å²) in [5.74, 6) is -0.413. The SMILES string of the molecule is Cc1ccccc1C(=O)NC(C(=O)NC1CCCc2c1cnn2Cc1ccccc1)C(C)C. The van der Waals surface area contributed by atoms with Gasteiger partial charge in [0.2, 0.25) is 5.91 Å². The Morgan fingerprint density at radius 1 is 1.09 bits per heavy atom. The molecule has 3 aromatic rings. The van der Waals surface area contributed by atoms with Crippen molar-refractivity contribution in [3.8, 4) is 0 Å². The average Bonchev–Trinajstić information content (AvgIpc) is 3.21. The summed E-state index contributed by atoms with van der Waals surface area (Å²) in [5.41, 5.74) is 4.95. The number of carbonyl (C=O) groups is 2. The van der Waals surface area contributed by atoms with E-state index in [9.17, 15) is 9.59 Å². The third-order valence-corrected chi connectivity index (χ3v) is 6.38. The van der Waals surface area contributed by atoms with E-state index in [1.54, 1.807) is 6.07 Å². The van der Waals surface area contributed by atoms with Crippen LogP contribution in [0.1, 0.15) is 65.5 Å².